The molecule has 6 rings (SSSR count). The van der Waals surface area contributed by atoms with Gasteiger partial charge in [-0.15, -0.1) is 5.10 Å². The van der Waals surface area contributed by atoms with Crippen LogP contribution in [0.25, 0.3) is 11.1 Å². The van der Waals surface area contributed by atoms with E-state index >= 15 is 0 Å². The average Bonchev–Trinajstić information content (AvgIpc) is 3.77. The average molecular weight is 643 g/mol. The van der Waals surface area contributed by atoms with Crippen molar-refractivity contribution in [2.24, 2.45) is 0 Å². The molecule has 1 aliphatic heterocycles. The van der Waals surface area contributed by atoms with Gasteiger partial charge in [0.1, 0.15) is 36.3 Å². The number of hydrogen-bond acceptors (Lipinski definition) is 12. The first kappa shape index (κ1) is 32.4. The zero-order valence-corrected chi connectivity index (χ0v) is 27.0. The first-order chi connectivity index (χ1) is 23.1. The fraction of sp³-hybridized carbons (Fsp3) is 0.515. The minimum absolute atomic E-state index is 0.228. The maximum absolute atomic E-state index is 9.66. The summed E-state index contributed by atoms with van der Waals surface area (Å²) in [6, 6.07) is 8.58. The third kappa shape index (κ3) is 8.42. The predicted molar refractivity (Wildman–Crippen MR) is 173 cm³/mol. The summed E-state index contributed by atoms with van der Waals surface area (Å²) in [6.07, 6.45) is 13.6. The minimum atomic E-state index is -0.228. The number of rotatable bonds is 14. The molecule has 1 N–H and O–H groups in total. The number of aromatic nitrogens is 7. The highest BCUT2D eigenvalue weighted by Crippen LogP contribution is 2.35. The second-order valence-electron chi connectivity index (χ2n) is 11.9. The molecule has 4 aromatic rings. The largest absolute Gasteiger partial charge is 0.487 e. The topological polar surface area (TPSA) is 150 Å². The highest BCUT2D eigenvalue weighted by atomic mass is 16.5. The van der Waals surface area contributed by atoms with Crippen LogP contribution in [0.15, 0.2) is 49.4 Å². The highest BCUT2D eigenvalue weighted by molar-refractivity contribution is 5.67. The lowest BCUT2D eigenvalue weighted by molar-refractivity contribution is 0.00503. The standard InChI is InChI=1S/C33H42N10O4/c1-24(20-42-23-35-22-38-42)47-31-16-25(4-5-26(31)17-34)27-18-36-33(37-19-27)39-30-21-43(40-32(30)46-13-3-12-44-2)29-8-6-28(7-9-29)41-10-14-45-15-11-41/h4-5,16,18-19,21-24,28-29H,3,6-15,20H2,1-2H3,(H,36,37,39)/t24-,28-,29-/m0/s1. The number of ether oxygens (including phenoxy) is 4. The van der Waals surface area contributed by atoms with Crippen molar-refractivity contribution < 1.29 is 18.9 Å². The van der Waals surface area contributed by atoms with Gasteiger partial charge in [0.05, 0.1) is 44.2 Å². The first-order valence-corrected chi connectivity index (χ1v) is 16.2. The van der Waals surface area contributed by atoms with Crippen LogP contribution in [0.2, 0.25) is 0 Å². The van der Waals surface area contributed by atoms with E-state index in [2.05, 4.69) is 36.3 Å². The molecule has 14 nitrogen and oxygen atoms in total. The van der Waals surface area contributed by atoms with E-state index in [0.717, 1.165) is 75.2 Å². The molecule has 0 unspecified atom stereocenters. The Labute approximate surface area is 274 Å². The van der Waals surface area contributed by atoms with Crippen molar-refractivity contribution in [3.8, 4) is 28.8 Å². The maximum Gasteiger partial charge on any atom is 0.256 e. The summed E-state index contributed by atoms with van der Waals surface area (Å²) >= 11 is 0. The van der Waals surface area contributed by atoms with Crippen LogP contribution in [0, 0.1) is 11.3 Å². The molecule has 1 atom stereocenters. The molecule has 1 saturated carbocycles. The van der Waals surface area contributed by atoms with Crippen molar-refractivity contribution in [3.05, 3.63) is 55.0 Å². The fourth-order valence-corrected chi connectivity index (χ4v) is 6.16. The summed E-state index contributed by atoms with van der Waals surface area (Å²) in [4.78, 5) is 15.7. The van der Waals surface area contributed by atoms with Crippen LogP contribution >= 0.6 is 0 Å². The summed E-state index contributed by atoms with van der Waals surface area (Å²) in [7, 11) is 1.68. The van der Waals surface area contributed by atoms with Crippen LogP contribution in [0.4, 0.5) is 11.6 Å². The van der Waals surface area contributed by atoms with E-state index in [1.54, 1.807) is 36.6 Å². The Hall–Kier alpha value is -4.58. The van der Waals surface area contributed by atoms with E-state index in [1.807, 2.05) is 29.9 Å². The molecule has 0 amide bonds. The molecule has 0 radical (unpaired) electrons. The summed E-state index contributed by atoms with van der Waals surface area (Å²) in [5.41, 5.74) is 2.79. The van der Waals surface area contributed by atoms with E-state index in [-0.39, 0.29) is 6.10 Å². The van der Waals surface area contributed by atoms with E-state index in [0.29, 0.717) is 55.0 Å². The second kappa shape index (κ2) is 15.8. The second-order valence-corrected chi connectivity index (χ2v) is 11.9. The number of nitrogens with zero attached hydrogens (tertiary/aromatic N) is 9. The summed E-state index contributed by atoms with van der Waals surface area (Å²) in [6.45, 7) is 7.23. The van der Waals surface area contributed by atoms with Gasteiger partial charge in [-0.3, -0.25) is 9.58 Å². The van der Waals surface area contributed by atoms with E-state index in [4.69, 9.17) is 24.0 Å². The van der Waals surface area contributed by atoms with Gasteiger partial charge in [0.25, 0.3) is 5.88 Å². The lowest BCUT2D eigenvalue weighted by atomic mass is 9.90. The van der Waals surface area contributed by atoms with Crippen LogP contribution in [-0.2, 0) is 16.0 Å². The molecule has 14 heteroatoms. The van der Waals surface area contributed by atoms with Crippen molar-refractivity contribution >= 4 is 11.6 Å². The first-order valence-electron chi connectivity index (χ1n) is 16.2. The molecule has 0 bridgehead atoms. The molecule has 1 aliphatic carbocycles. The summed E-state index contributed by atoms with van der Waals surface area (Å²) in [5, 5.41) is 22.0. The highest BCUT2D eigenvalue weighted by Gasteiger charge is 2.29. The molecule has 47 heavy (non-hydrogen) atoms. The Bertz CT molecular complexity index is 1590. The number of hydrogen-bond donors (Lipinski definition) is 1. The van der Waals surface area contributed by atoms with Crippen molar-refractivity contribution in [2.75, 3.05) is 51.9 Å². The molecule has 0 spiro atoms. The molecule has 248 valence electrons. The van der Waals surface area contributed by atoms with Gasteiger partial charge >= 0.3 is 0 Å². The van der Waals surface area contributed by atoms with Crippen LogP contribution in [0.5, 0.6) is 11.6 Å². The molecule has 4 heterocycles. The van der Waals surface area contributed by atoms with E-state index in [1.165, 1.54) is 6.33 Å². The molecule has 1 saturated heterocycles. The number of nitriles is 1. The lowest BCUT2D eigenvalue weighted by Gasteiger charge is -2.38. The van der Waals surface area contributed by atoms with E-state index in [9.17, 15) is 5.26 Å². The Balaban J connectivity index is 1.13. The third-order valence-corrected chi connectivity index (χ3v) is 8.60. The molecule has 2 aliphatic rings. The van der Waals surface area contributed by atoms with Gasteiger partial charge in [-0.1, -0.05) is 6.07 Å². The van der Waals surface area contributed by atoms with Gasteiger partial charge in [-0.2, -0.15) is 10.4 Å². The van der Waals surface area contributed by atoms with Crippen molar-refractivity contribution in [1.29, 1.82) is 5.26 Å². The number of anilines is 2. The summed E-state index contributed by atoms with van der Waals surface area (Å²) in [5.74, 6) is 1.44. The number of nitrogens with one attached hydrogen (secondary N) is 1. The maximum atomic E-state index is 9.66. The Morgan fingerprint density at radius 2 is 1.85 bits per heavy atom. The monoisotopic (exact) mass is 642 g/mol. The van der Waals surface area contributed by atoms with Crippen LogP contribution in [0.3, 0.4) is 0 Å². The molecule has 3 aromatic heterocycles. The smallest absolute Gasteiger partial charge is 0.256 e. The minimum Gasteiger partial charge on any atom is -0.487 e. The Morgan fingerprint density at radius 1 is 1.06 bits per heavy atom. The van der Waals surface area contributed by atoms with Crippen molar-refractivity contribution in [2.45, 2.75) is 63.8 Å². The van der Waals surface area contributed by atoms with Crippen LogP contribution in [-0.4, -0.2) is 98.2 Å². The van der Waals surface area contributed by atoms with E-state index < -0.39 is 0 Å². The molecular formula is C33H42N10O4. The molecular weight excluding hydrogens is 600 g/mol. The molecule has 1 aromatic carbocycles. The predicted octanol–water partition coefficient (Wildman–Crippen LogP) is 4.25. The zero-order valence-electron chi connectivity index (χ0n) is 27.0. The molecule has 2 fully saturated rings. The van der Waals surface area contributed by atoms with Gasteiger partial charge < -0.3 is 24.3 Å². The zero-order chi connectivity index (χ0) is 32.4. The van der Waals surface area contributed by atoms with Crippen molar-refractivity contribution in [3.63, 3.8) is 0 Å². The van der Waals surface area contributed by atoms with Gasteiger partial charge in [-0.25, -0.2) is 19.6 Å². The van der Waals surface area contributed by atoms with Gasteiger partial charge in [0.15, 0.2) is 0 Å². The summed E-state index contributed by atoms with van der Waals surface area (Å²) < 4.78 is 26.7. The lowest BCUT2D eigenvalue weighted by Crippen LogP contribution is -2.45. The fourth-order valence-electron chi connectivity index (χ4n) is 6.16. The SMILES string of the molecule is COCCCOc1nn([C@H]2CC[C@H](N3CCOCC3)CC2)cc1Nc1ncc(-c2ccc(C#N)c(O[C@@H](C)Cn3cncn3)c2)cn1. The van der Waals surface area contributed by atoms with Crippen molar-refractivity contribution in [1.82, 2.24) is 39.4 Å². The third-order valence-electron chi connectivity index (χ3n) is 8.60. The number of morpholine rings is 1. The van der Waals surface area contributed by atoms with Gasteiger partial charge in [0.2, 0.25) is 5.95 Å². The normalized spacial score (nSPS) is 19.2. The van der Waals surface area contributed by atoms with Gasteiger partial charge in [-0.05, 0) is 50.3 Å². The quantitative estimate of drug-likeness (QED) is 0.196. The Morgan fingerprint density at radius 3 is 2.57 bits per heavy atom. The van der Waals surface area contributed by atoms with Crippen LogP contribution in [0.1, 0.15) is 50.6 Å². The van der Waals surface area contributed by atoms with Crippen LogP contribution < -0.4 is 14.8 Å². The number of benzene rings is 1. The van der Waals surface area contributed by atoms with Gasteiger partial charge in [0, 0.05) is 57.2 Å². The number of methoxy groups -OCH3 is 1. The Kier molecular flexibility index (Phi) is 10.9.